The second-order valence-corrected chi connectivity index (χ2v) is 5.28. The van der Waals surface area contributed by atoms with Gasteiger partial charge in [-0.05, 0) is 31.5 Å². The molecule has 1 N–H and O–H groups in total. The molecule has 2 aromatic rings. The summed E-state index contributed by atoms with van der Waals surface area (Å²) in [5, 5.41) is 7.02. The molecule has 0 fully saturated rings. The Morgan fingerprint density at radius 1 is 1.15 bits per heavy atom. The first-order valence-corrected chi connectivity index (χ1v) is 6.87. The van der Waals surface area contributed by atoms with Gasteiger partial charge < -0.3 is 14.6 Å². The van der Waals surface area contributed by atoms with Gasteiger partial charge in [-0.3, -0.25) is 0 Å². The molecule has 1 heterocycles. The van der Waals surface area contributed by atoms with E-state index in [2.05, 4.69) is 15.5 Å². The van der Waals surface area contributed by atoms with Crippen molar-refractivity contribution in [3.8, 4) is 5.75 Å². The molecule has 2 rings (SSSR count). The molecule has 1 aromatic heterocycles. The van der Waals surface area contributed by atoms with Gasteiger partial charge >= 0.3 is 6.01 Å². The van der Waals surface area contributed by atoms with E-state index < -0.39 is 0 Å². The minimum absolute atomic E-state index is 0.187. The van der Waals surface area contributed by atoms with Crippen molar-refractivity contribution in [1.82, 2.24) is 10.1 Å². The fraction of sp³-hybridized carbons (Fsp3) is 0.467. The van der Waals surface area contributed by atoms with E-state index in [1.54, 1.807) is 0 Å². The molecule has 0 aliphatic carbocycles. The molecule has 20 heavy (non-hydrogen) atoms. The zero-order valence-corrected chi connectivity index (χ0v) is 12.4. The zero-order valence-electron chi connectivity index (χ0n) is 12.4. The molecule has 108 valence electrons. The molecule has 0 aliphatic heterocycles. The smallest absolute Gasteiger partial charge is 0.321 e. The Kier molecular flexibility index (Phi) is 4.61. The van der Waals surface area contributed by atoms with Crippen LogP contribution in [0.1, 0.15) is 45.0 Å². The third kappa shape index (κ3) is 3.98. The fourth-order valence-electron chi connectivity index (χ4n) is 1.68. The summed E-state index contributed by atoms with van der Waals surface area (Å²) in [6, 6.07) is 8.42. The van der Waals surface area contributed by atoms with Crippen molar-refractivity contribution >= 4 is 6.01 Å². The first kappa shape index (κ1) is 14.4. The molecule has 0 amide bonds. The first-order valence-electron chi connectivity index (χ1n) is 6.87. The number of anilines is 1. The Bertz CT molecular complexity index is 532. The van der Waals surface area contributed by atoms with Gasteiger partial charge in [-0.25, -0.2) is 0 Å². The van der Waals surface area contributed by atoms with Crippen molar-refractivity contribution in [2.45, 2.75) is 46.3 Å². The quantitative estimate of drug-likeness (QED) is 0.873. The van der Waals surface area contributed by atoms with E-state index >= 15 is 0 Å². The van der Waals surface area contributed by atoms with E-state index in [1.165, 1.54) is 0 Å². The molecule has 0 atom stereocenters. The van der Waals surface area contributed by atoms with Gasteiger partial charge in [-0.1, -0.05) is 31.1 Å². The average molecular weight is 275 g/mol. The van der Waals surface area contributed by atoms with Crippen LogP contribution in [0, 0.1) is 0 Å². The Balaban J connectivity index is 1.90. The van der Waals surface area contributed by atoms with E-state index in [9.17, 15) is 0 Å². The lowest BCUT2D eigenvalue weighted by molar-refractivity contribution is 0.242. The van der Waals surface area contributed by atoms with Crippen LogP contribution < -0.4 is 10.1 Å². The number of nitrogens with one attached hydrogen (secondary N) is 1. The third-order valence-electron chi connectivity index (χ3n) is 2.70. The number of hydrogen-bond donors (Lipinski definition) is 1. The Morgan fingerprint density at radius 3 is 2.40 bits per heavy atom. The van der Waals surface area contributed by atoms with Crippen molar-refractivity contribution in [3.63, 3.8) is 0 Å². The average Bonchev–Trinajstić information content (AvgIpc) is 2.86. The highest BCUT2D eigenvalue weighted by Gasteiger charge is 2.08. The highest BCUT2D eigenvalue weighted by molar-refractivity contribution is 5.30. The summed E-state index contributed by atoms with van der Waals surface area (Å²) >= 11 is 0. The van der Waals surface area contributed by atoms with Crippen LogP contribution in [0.15, 0.2) is 28.8 Å². The van der Waals surface area contributed by atoms with E-state index in [1.807, 2.05) is 52.0 Å². The monoisotopic (exact) mass is 275 g/mol. The van der Waals surface area contributed by atoms with Crippen LogP contribution >= 0.6 is 0 Å². The van der Waals surface area contributed by atoms with Crippen LogP contribution in [0.2, 0.25) is 0 Å². The predicted octanol–water partition coefficient (Wildman–Crippen LogP) is 3.59. The molecule has 0 saturated carbocycles. The van der Waals surface area contributed by atoms with Gasteiger partial charge in [-0.2, -0.15) is 4.98 Å². The molecular formula is C15H21N3O2. The van der Waals surface area contributed by atoms with Gasteiger partial charge in [-0.15, -0.1) is 0 Å². The van der Waals surface area contributed by atoms with Crippen molar-refractivity contribution in [1.29, 1.82) is 0 Å². The number of nitrogens with zero attached hydrogens (tertiary/aromatic N) is 2. The standard InChI is InChI=1S/C15H21N3O2/c1-10(2)14-17-15(20-18-14)16-9-12-5-7-13(8-6-12)19-11(3)4/h5-8,10-11H,9H2,1-4H3,(H,16,17,18). The minimum Gasteiger partial charge on any atom is -0.491 e. The Morgan fingerprint density at radius 2 is 1.85 bits per heavy atom. The summed E-state index contributed by atoms with van der Waals surface area (Å²) in [6.45, 7) is 8.72. The molecule has 0 radical (unpaired) electrons. The lowest BCUT2D eigenvalue weighted by atomic mass is 10.2. The second kappa shape index (κ2) is 6.41. The molecule has 0 aliphatic rings. The van der Waals surface area contributed by atoms with E-state index in [4.69, 9.17) is 9.26 Å². The molecule has 0 saturated heterocycles. The lowest BCUT2D eigenvalue weighted by Crippen LogP contribution is -2.05. The molecular weight excluding hydrogens is 254 g/mol. The Hall–Kier alpha value is -2.04. The molecule has 1 aromatic carbocycles. The highest BCUT2D eigenvalue weighted by atomic mass is 16.5. The fourth-order valence-corrected chi connectivity index (χ4v) is 1.68. The van der Waals surface area contributed by atoms with Crippen molar-refractivity contribution < 1.29 is 9.26 Å². The molecule has 5 nitrogen and oxygen atoms in total. The largest absolute Gasteiger partial charge is 0.491 e. The maximum absolute atomic E-state index is 5.60. The van der Waals surface area contributed by atoms with Crippen LogP contribution in [0.25, 0.3) is 0 Å². The van der Waals surface area contributed by atoms with Gasteiger partial charge in [0.2, 0.25) is 0 Å². The van der Waals surface area contributed by atoms with Crippen LogP contribution in [-0.2, 0) is 6.54 Å². The second-order valence-electron chi connectivity index (χ2n) is 5.28. The predicted molar refractivity (Wildman–Crippen MR) is 77.9 cm³/mol. The topological polar surface area (TPSA) is 60.2 Å². The van der Waals surface area contributed by atoms with Gasteiger partial charge in [0, 0.05) is 12.5 Å². The van der Waals surface area contributed by atoms with Crippen LogP contribution in [-0.4, -0.2) is 16.2 Å². The third-order valence-corrected chi connectivity index (χ3v) is 2.70. The highest BCUT2D eigenvalue weighted by Crippen LogP contribution is 2.16. The maximum atomic E-state index is 5.60. The molecule has 0 spiro atoms. The van der Waals surface area contributed by atoms with Crippen molar-refractivity contribution in [2.75, 3.05) is 5.32 Å². The number of ether oxygens (including phenoxy) is 1. The molecule has 5 heteroatoms. The lowest BCUT2D eigenvalue weighted by Gasteiger charge is -2.10. The SMILES string of the molecule is CC(C)Oc1ccc(CNc2nc(C(C)C)no2)cc1. The van der Waals surface area contributed by atoms with Crippen LogP contribution in [0.4, 0.5) is 6.01 Å². The van der Waals surface area contributed by atoms with Crippen molar-refractivity contribution in [2.24, 2.45) is 0 Å². The van der Waals surface area contributed by atoms with E-state index in [0.29, 0.717) is 18.4 Å². The zero-order chi connectivity index (χ0) is 14.5. The van der Waals surface area contributed by atoms with Gasteiger partial charge in [0.1, 0.15) is 5.75 Å². The summed E-state index contributed by atoms with van der Waals surface area (Å²) < 4.78 is 10.7. The number of benzene rings is 1. The van der Waals surface area contributed by atoms with Gasteiger partial charge in [0.25, 0.3) is 0 Å². The first-order chi connectivity index (χ1) is 9.54. The van der Waals surface area contributed by atoms with E-state index in [-0.39, 0.29) is 12.0 Å². The molecule has 0 bridgehead atoms. The maximum Gasteiger partial charge on any atom is 0.321 e. The van der Waals surface area contributed by atoms with E-state index in [0.717, 1.165) is 11.3 Å². The van der Waals surface area contributed by atoms with Crippen molar-refractivity contribution in [3.05, 3.63) is 35.7 Å². The number of rotatable bonds is 6. The van der Waals surface area contributed by atoms with Gasteiger partial charge in [0.15, 0.2) is 5.82 Å². The minimum atomic E-state index is 0.187. The van der Waals surface area contributed by atoms with Crippen LogP contribution in [0.3, 0.4) is 0 Å². The summed E-state index contributed by atoms with van der Waals surface area (Å²) in [7, 11) is 0. The number of aromatic nitrogens is 2. The normalized spacial score (nSPS) is 11.1. The van der Waals surface area contributed by atoms with Crippen LogP contribution in [0.5, 0.6) is 5.75 Å². The summed E-state index contributed by atoms with van der Waals surface area (Å²) in [4.78, 5) is 4.27. The van der Waals surface area contributed by atoms with Gasteiger partial charge in [0.05, 0.1) is 6.10 Å². The Labute approximate surface area is 119 Å². The molecule has 0 unspecified atom stereocenters. The summed E-state index contributed by atoms with van der Waals surface area (Å²) in [5.41, 5.74) is 1.13. The summed E-state index contributed by atoms with van der Waals surface area (Å²) in [5.74, 6) is 1.86. The summed E-state index contributed by atoms with van der Waals surface area (Å²) in [6.07, 6.45) is 0.187. The number of hydrogen-bond acceptors (Lipinski definition) is 5.